The molecule has 1 saturated heterocycles. The lowest BCUT2D eigenvalue weighted by atomic mass is 9.95. The van der Waals surface area contributed by atoms with Gasteiger partial charge in [-0.25, -0.2) is 0 Å². The van der Waals surface area contributed by atoms with E-state index < -0.39 is 5.60 Å². The zero-order valence-electron chi connectivity index (χ0n) is 13.0. The van der Waals surface area contributed by atoms with E-state index in [1.807, 2.05) is 37.3 Å². The van der Waals surface area contributed by atoms with Gasteiger partial charge in [0, 0.05) is 19.1 Å². The van der Waals surface area contributed by atoms with Crippen LogP contribution in [0, 0.1) is 0 Å². The highest BCUT2D eigenvalue weighted by molar-refractivity contribution is 5.21. The smallest absolute Gasteiger partial charge is 0.0994 e. The summed E-state index contributed by atoms with van der Waals surface area (Å²) in [6.07, 6.45) is 1.21. The molecule has 0 radical (unpaired) electrons. The lowest BCUT2D eigenvalue weighted by Crippen LogP contribution is -2.41. The number of likely N-dealkylation sites (N-methyl/N-ethyl adjacent to an activating group) is 1. The molecule has 2 atom stereocenters. The van der Waals surface area contributed by atoms with Crippen molar-refractivity contribution in [3.05, 3.63) is 35.9 Å². The zero-order valence-corrected chi connectivity index (χ0v) is 13.0. The molecule has 112 valence electrons. The van der Waals surface area contributed by atoms with Crippen LogP contribution in [0.4, 0.5) is 0 Å². The summed E-state index contributed by atoms with van der Waals surface area (Å²) in [6.45, 7) is 11.5. The van der Waals surface area contributed by atoms with E-state index in [0.29, 0.717) is 6.04 Å². The monoisotopic (exact) mass is 276 g/mol. The highest BCUT2D eigenvalue weighted by Crippen LogP contribution is 2.24. The first-order valence-electron chi connectivity index (χ1n) is 7.81. The maximum absolute atomic E-state index is 10.7. The van der Waals surface area contributed by atoms with Crippen LogP contribution in [0.5, 0.6) is 0 Å². The maximum Gasteiger partial charge on any atom is 0.0994 e. The summed E-state index contributed by atoms with van der Waals surface area (Å²) in [4.78, 5) is 4.92. The van der Waals surface area contributed by atoms with Gasteiger partial charge in [-0.2, -0.15) is 0 Å². The lowest BCUT2D eigenvalue weighted by Gasteiger charge is -2.31. The Bertz CT molecular complexity index is 401. The summed E-state index contributed by atoms with van der Waals surface area (Å²) in [5.41, 5.74) is 0.241. The molecule has 2 unspecified atom stereocenters. The van der Waals surface area contributed by atoms with Gasteiger partial charge in [0.05, 0.1) is 5.60 Å². The third kappa shape index (κ3) is 3.60. The topological polar surface area (TPSA) is 26.7 Å². The van der Waals surface area contributed by atoms with E-state index in [1.54, 1.807) is 0 Å². The number of hydrogen-bond acceptors (Lipinski definition) is 3. The van der Waals surface area contributed by atoms with Gasteiger partial charge in [-0.15, -0.1) is 0 Å². The van der Waals surface area contributed by atoms with Gasteiger partial charge in [-0.3, -0.25) is 9.80 Å². The van der Waals surface area contributed by atoms with Gasteiger partial charge in [0.25, 0.3) is 0 Å². The molecule has 1 aromatic rings. The Morgan fingerprint density at radius 3 is 2.50 bits per heavy atom. The van der Waals surface area contributed by atoms with Gasteiger partial charge in [-0.05, 0) is 38.5 Å². The molecule has 1 fully saturated rings. The maximum atomic E-state index is 10.7. The van der Waals surface area contributed by atoms with Gasteiger partial charge in [-0.1, -0.05) is 44.2 Å². The van der Waals surface area contributed by atoms with E-state index in [1.165, 1.54) is 6.42 Å². The van der Waals surface area contributed by atoms with Crippen LogP contribution in [-0.4, -0.2) is 53.7 Å². The van der Waals surface area contributed by atoms with Crippen LogP contribution in [0.25, 0.3) is 0 Å². The van der Waals surface area contributed by atoms with E-state index in [2.05, 4.69) is 23.6 Å². The van der Waals surface area contributed by atoms with Crippen LogP contribution in [-0.2, 0) is 5.60 Å². The molecule has 1 aliphatic rings. The molecule has 0 spiro atoms. The molecule has 1 aromatic carbocycles. The fourth-order valence-corrected chi connectivity index (χ4v) is 3.32. The van der Waals surface area contributed by atoms with Crippen molar-refractivity contribution in [2.45, 2.75) is 38.8 Å². The predicted molar refractivity (Wildman–Crippen MR) is 83.8 cm³/mol. The van der Waals surface area contributed by atoms with E-state index >= 15 is 0 Å². The van der Waals surface area contributed by atoms with Gasteiger partial charge in [0.15, 0.2) is 0 Å². The minimum atomic E-state index is -0.764. The molecule has 0 bridgehead atoms. The molecule has 0 aliphatic carbocycles. The minimum absolute atomic E-state index is 0.650. The van der Waals surface area contributed by atoms with Crippen LogP contribution in [0.3, 0.4) is 0 Å². The molecule has 0 aromatic heterocycles. The van der Waals surface area contributed by atoms with E-state index in [4.69, 9.17) is 0 Å². The van der Waals surface area contributed by atoms with Gasteiger partial charge >= 0.3 is 0 Å². The van der Waals surface area contributed by atoms with Crippen molar-refractivity contribution >= 4 is 0 Å². The SMILES string of the molecule is CCN(CC)C1CCN(CC(C)(O)c2ccccc2)C1. The Kier molecular flexibility index (Phi) is 5.19. The molecular weight excluding hydrogens is 248 g/mol. The summed E-state index contributed by atoms with van der Waals surface area (Å²) in [7, 11) is 0. The fourth-order valence-electron chi connectivity index (χ4n) is 3.32. The predicted octanol–water partition coefficient (Wildman–Crippen LogP) is 2.31. The zero-order chi connectivity index (χ0) is 14.6. The first-order chi connectivity index (χ1) is 9.56. The summed E-state index contributed by atoms with van der Waals surface area (Å²) in [5, 5.41) is 10.7. The van der Waals surface area contributed by atoms with Gasteiger partial charge in [0.2, 0.25) is 0 Å². The average molecular weight is 276 g/mol. The van der Waals surface area contributed by atoms with E-state index in [0.717, 1.165) is 38.3 Å². The number of aliphatic hydroxyl groups is 1. The molecule has 3 heteroatoms. The van der Waals surface area contributed by atoms with Crippen molar-refractivity contribution in [1.82, 2.24) is 9.80 Å². The molecule has 1 heterocycles. The van der Waals surface area contributed by atoms with Crippen molar-refractivity contribution in [2.24, 2.45) is 0 Å². The molecule has 2 rings (SSSR count). The highest BCUT2D eigenvalue weighted by atomic mass is 16.3. The summed E-state index contributed by atoms with van der Waals surface area (Å²) in [5.74, 6) is 0. The largest absolute Gasteiger partial charge is 0.384 e. The molecule has 1 N–H and O–H groups in total. The first-order valence-corrected chi connectivity index (χ1v) is 7.81. The van der Waals surface area contributed by atoms with Crippen LogP contribution >= 0.6 is 0 Å². The summed E-state index contributed by atoms with van der Waals surface area (Å²) >= 11 is 0. The molecule has 0 saturated carbocycles. The van der Waals surface area contributed by atoms with Crippen LogP contribution in [0.15, 0.2) is 30.3 Å². The van der Waals surface area contributed by atoms with Crippen molar-refractivity contribution in [2.75, 3.05) is 32.7 Å². The third-order valence-corrected chi connectivity index (χ3v) is 4.50. The Hall–Kier alpha value is -0.900. The van der Waals surface area contributed by atoms with E-state index in [9.17, 15) is 5.11 Å². The molecule has 0 amide bonds. The van der Waals surface area contributed by atoms with Gasteiger partial charge in [0.1, 0.15) is 0 Å². The second-order valence-electron chi connectivity index (χ2n) is 6.04. The normalized spacial score (nSPS) is 23.1. The lowest BCUT2D eigenvalue weighted by molar-refractivity contribution is 0.0207. The second-order valence-corrected chi connectivity index (χ2v) is 6.04. The van der Waals surface area contributed by atoms with Crippen LogP contribution in [0.2, 0.25) is 0 Å². The van der Waals surface area contributed by atoms with Crippen molar-refractivity contribution in [3.8, 4) is 0 Å². The van der Waals surface area contributed by atoms with Crippen LogP contribution in [0.1, 0.15) is 32.8 Å². The second kappa shape index (κ2) is 6.70. The van der Waals surface area contributed by atoms with Gasteiger partial charge < -0.3 is 5.11 Å². The molecular formula is C17H28N2O. The standard InChI is InChI=1S/C17H28N2O/c1-4-19(5-2)16-11-12-18(13-16)14-17(3,20)15-9-7-6-8-10-15/h6-10,16,20H,4-5,11-14H2,1-3H3. The Balaban J connectivity index is 1.95. The molecule has 20 heavy (non-hydrogen) atoms. The molecule has 1 aliphatic heterocycles. The first kappa shape index (κ1) is 15.5. The summed E-state index contributed by atoms with van der Waals surface area (Å²) in [6, 6.07) is 10.7. The number of rotatable bonds is 6. The van der Waals surface area contributed by atoms with Crippen molar-refractivity contribution < 1.29 is 5.11 Å². The summed E-state index contributed by atoms with van der Waals surface area (Å²) < 4.78 is 0. The number of β-amino-alcohol motifs (C(OH)–C–C–N with tert-alkyl or cyclic N) is 1. The number of benzene rings is 1. The Morgan fingerprint density at radius 2 is 1.90 bits per heavy atom. The number of nitrogens with zero attached hydrogens (tertiary/aromatic N) is 2. The minimum Gasteiger partial charge on any atom is -0.384 e. The average Bonchev–Trinajstić information content (AvgIpc) is 2.89. The molecule has 3 nitrogen and oxygen atoms in total. The highest BCUT2D eigenvalue weighted by Gasteiger charge is 2.32. The number of hydrogen-bond donors (Lipinski definition) is 1. The third-order valence-electron chi connectivity index (χ3n) is 4.50. The Morgan fingerprint density at radius 1 is 1.25 bits per heavy atom. The Labute approximate surface area is 123 Å². The van der Waals surface area contributed by atoms with E-state index in [-0.39, 0.29) is 0 Å². The quantitative estimate of drug-likeness (QED) is 0.864. The van der Waals surface area contributed by atoms with Crippen LogP contribution < -0.4 is 0 Å². The fraction of sp³-hybridized carbons (Fsp3) is 0.647. The number of likely N-dealkylation sites (tertiary alicyclic amines) is 1. The van der Waals surface area contributed by atoms with Crippen molar-refractivity contribution in [1.29, 1.82) is 0 Å². The van der Waals surface area contributed by atoms with Crippen molar-refractivity contribution in [3.63, 3.8) is 0 Å².